The van der Waals surface area contributed by atoms with Gasteiger partial charge in [-0.15, -0.1) is 0 Å². The lowest BCUT2D eigenvalue weighted by Gasteiger charge is -2.29. The summed E-state index contributed by atoms with van der Waals surface area (Å²) in [5.74, 6) is 1.43. The number of nitrogens with one attached hydrogen (secondary N) is 1. The Morgan fingerprint density at radius 3 is 3.07 bits per heavy atom. The van der Waals surface area contributed by atoms with Crippen molar-refractivity contribution in [3.8, 4) is 5.75 Å². The zero-order chi connectivity index (χ0) is 18.6. The Morgan fingerprint density at radius 1 is 1.26 bits per heavy atom. The lowest BCUT2D eigenvalue weighted by atomic mass is 10.00. The van der Waals surface area contributed by atoms with E-state index in [2.05, 4.69) is 27.3 Å². The maximum absolute atomic E-state index is 6.29. The molecule has 0 saturated carbocycles. The number of rotatable bonds is 4. The molecule has 0 fully saturated rings. The Labute approximate surface area is 165 Å². The molecule has 27 heavy (non-hydrogen) atoms. The molecule has 0 spiro atoms. The molecule has 2 aliphatic rings. The van der Waals surface area contributed by atoms with E-state index >= 15 is 0 Å². The van der Waals surface area contributed by atoms with Gasteiger partial charge in [-0.1, -0.05) is 41.9 Å². The predicted octanol–water partition coefficient (Wildman–Crippen LogP) is 3.13. The third kappa shape index (κ3) is 4.20. The summed E-state index contributed by atoms with van der Waals surface area (Å²) in [6, 6.07) is 14.4. The minimum Gasteiger partial charge on any atom is -0.493 e. The first kappa shape index (κ1) is 18.1. The molecule has 3 N–H and O–H groups in total. The van der Waals surface area contributed by atoms with Crippen molar-refractivity contribution in [3.05, 3.63) is 64.2 Å². The summed E-state index contributed by atoms with van der Waals surface area (Å²) in [6.07, 6.45) is 1.88. The van der Waals surface area contributed by atoms with Gasteiger partial charge in [-0.05, 0) is 29.7 Å². The molecule has 0 saturated heterocycles. The Hall–Kier alpha value is -2.24. The van der Waals surface area contributed by atoms with Crippen molar-refractivity contribution in [2.24, 2.45) is 10.7 Å². The van der Waals surface area contributed by atoms with E-state index in [0.29, 0.717) is 19.1 Å². The van der Waals surface area contributed by atoms with Gasteiger partial charge in [0.1, 0.15) is 5.75 Å². The van der Waals surface area contributed by atoms with Gasteiger partial charge in [0.15, 0.2) is 5.96 Å². The summed E-state index contributed by atoms with van der Waals surface area (Å²) in [7, 11) is 0. The van der Waals surface area contributed by atoms with Gasteiger partial charge in [-0.25, -0.2) is 0 Å². The maximum atomic E-state index is 6.29. The van der Waals surface area contributed by atoms with Gasteiger partial charge in [-0.2, -0.15) is 0 Å². The van der Waals surface area contributed by atoms with Crippen LogP contribution in [-0.4, -0.2) is 37.1 Å². The molecule has 2 aromatic rings. The molecule has 2 heterocycles. The van der Waals surface area contributed by atoms with E-state index in [0.717, 1.165) is 48.8 Å². The van der Waals surface area contributed by atoms with Gasteiger partial charge in [0.05, 0.1) is 19.2 Å². The Kier molecular flexibility index (Phi) is 5.50. The number of halogens is 1. The molecule has 142 valence electrons. The molecule has 0 aliphatic carbocycles. The van der Waals surface area contributed by atoms with Crippen molar-refractivity contribution in [1.29, 1.82) is 0 Å². The van der Waals surface area contributed by atoms with Crippen LogP contribution in [0.5, 0.6) is 5.75 Å². The highest BCUT2D eigenvalue weighted by Gasteiger charge is 2.21. The van der Waals surface area contributed by atoms with E-state index < -0.39 is 0 Å². The van der Waals surface area contributed by atoms with Crippen LogP contribution in [0.25, 0.3) is 0 Å². The number of aliphatic imine (C=N–C) groups is 1. The summed E-state index contributed by atoms with van der Waals surface area (Å²) in [5.41, 5.74) is 9.89. The average Bonchev–Trinajstić information content (AvgIpc) is 2.68. The van der Waals surface area contributed by atoms with Crippen molar-refractivity contribution in [1.82, 2.24) is 10.2 Å². The highest BCUT2D eigenvalue weighted by Crippen LogP contribution is 2.31. The molecular formula is C21H25ClN4O. The highest BCUT2D eigenvalue weighted by atomic mass is 35.5. The Bertz CT molecular complexity index is 839. The van der Waals surface area contributed by atoms with Crippen molar-refractivity contribution >= 4 is 17.6 Å². The number of nitrogens with zero attached hydrogens (tertiary/aromatic N) is 2. The fraction of sp³-hybridized carbons (Fsp3) is 0.381. The third-order valence-corrected chi connectivity index (χ3v) is 5.62. The van der Waals surface area contributed by atoms with Crippen LogP contribution in [0.3, 0.4) is 0 Å². The number of ether oxygens (including phenoxy) is 1. The topological polar surface area (TPSA) is 62.9 Å². The average molecular weight is 385 g/mol. The molecule has 0 amide bonds. The monoisotopic (exact) mass is 384 g/mol. The second-order valence-corrected chi connectivity index (χ2v) is 7.45. The van der Waals surface area contributed by atoms with E-state index in [-0.39, 0.29) is 6.04 Å². The second kappa shape index (κ2) is 8.19. The predicted molar refractivity (Wildman–Crippen MR) is 109 cm³/mol. The van der Waals surface area contributed by atoms with Crippen LogP contribution < -0.4 is 15.8 Å². The highest BCUT2D eigenvalue weighted by molar-refractivity contribution is 6.31. The molecule has 4 rings (SSSR count). The van der Waals surface area contributed by atoms with Crippen molar-refractivity contribution in [3.63, 3.8) is 0 Å². The summed E-state index contributed by atoms with van der Waals surface area (Å²) in [5, 5.41) is 4.23. The van der Waals surface area contributed by atoms with Gasteiger partial charge >= 0.3 is 0 Å². The lowest BCUT2D eigenvalue weighted by molar-refractivity contribution is 0.259. The lowest BCUT2D eigenvalue weighted by Crippen LogP contribution is -2.38. The molecular weight excluding hydrogens is 360 g/mol. The van der Waals surface area contributed by atoms with Crippen molar-refractivity contribution in [2.75, 3.05) is 26.2 Å². The number of hydrogen-bond acceptors (Lipinski definition) is 3. The zero-order valence-electron chi connectivity index (χ0n) is 15.3. The molecule has 2 aromatic carbocycles. The molecule has 0 bridgehead atoms. The summed E-state index contributed by atoms with van der Waals surface area (Å²) >= 11 is 6.29. The summed E-state index contributed by atoms with van der Waals surface area (Å²) in [4.78, 5) is 6.94. The van der Waals surface area contributed by atoms with Crippen LogP contribution in [0.2, 0.25) is 5.02 Å². The minimum atomic E-state index is 0.155. The molecule has 5 nitrogen and oxygen atoms in total. The normalized spacial score (nSPS) is 19.7. The van der Waals surface area contributed by atoms with E-state index in [4.69, 9.17) is 22.1 Å². The molecule has 6 heteroatoms. The summed E-state index contributed by atoms with van der Waals surface area (Å²) in [6.45, 7) is 4.19. The first-order valence-corrected chi connectivity index (χ1v) is 9.85. The molecule has 1 unspecified atom stereocenters. The van der Waals surface area contributed by atoms with Gasteiger partial charge in [0.25, 0.3) is 0 Å². The number of benzene rings is 2. The largest absolute Gasteiger partial charge is 0.493 e. The first-order chi connectivity index (χ1) is 13.2. The van der Waals surface area contributed by atoms with E-state index in [1.165, 1.54) is 11.1 Å². The number of nitrogens with two attached hydrogens (primary N) is 1. The van der Waals surface area contributed by atoms with Gasteiger partial charge in [0, 0.05) is 36.6 Å². The van der Waals surface area contributed by atoms with Crippen LogP contribution in [-0.2, 0) is 13.0 Å². The number of para-hydroxylation sites is 1. The first-order valence-electron chi connectivity index (χ1n) is 9.47. The van der Waals surface area contributed by atoms with Crippen LogP contribution in [0.15, 0.2) is 47.5 Å². The fourth-order valence-corrected chi connectivity index (χ4v) is 4.13. The van der Waals surface area contributed by atoms with Gasteiger partial charge in [-0.3, -0.25) is 9.89 Å². The van der Waals surface area contributed by atoms with Crippen molar-refractivity contribution < 1.29 is 4.74 Å². The summed E-state index contributed by atoms with van der Waals surface area (Å²) < 4.78 is 5.70. The number of hydrogen-bond donors (Lipinski definition) is 2. The van der Waals surface area contributed by atoms with Gasteiger partial charge < -0.3 is 15.8 Å². The Morgan fingerprint density at radius 2 is 2.15 bits per heavy atom. The number of fused-ring (bicyclic) bond motifs is 2. The molecule has 0 radical (unpaired) electrons. The van der Waals surface area contributed by atoms with Crippen LogP contribution in [0.4, 0.5) is 0 Å². The third-order valence-electron chi connectivity index (χ3n) is 5.27. The second-order valence-electron chi connectivity index (χ2n) is 7.04. The van der Waals surface area contributed by atoms with Crippen LogP contribution >= 0.6 is 11.6 Å². The number of guanidine groups is 1. The smallest absolute Gasteiger partial charge is 0.189 e. The van der Waals surface area contributed by atoms with Crippen LogP contribution in [0.1, 0.15) is 29.2 Å². The van der Waals surface area contributed by atoms with E-state index in [9.17, 15) is 0 Å². The quantitative estimate of drug-likeness (QED) is 0.628. The molecule has 1 atom stereocenters. The fourth-order valence-electron chi connectivity index (χ4n) is 3.84. The van der Waals surface area contributed by atoms with E-state index in [1.807, 2.05) is 30.3 Å². The van der Waals surface area contributed by atoms with Crippen molar-refractivity contribution in [2.45, 2.75) is 25.4 Å². The molecule has 2 aliphatic heterocycles. The SMILES string of the molecule is NC(=NCCN1CCc2c(Cl)cccc2C1)NC1CCOc2ccccc21. The minimum absolute atomic E-state index is 0.155. The van der Waals surface area contributed by atoms with Crippen LogP contribution in [0, 0.1) is 0 Å². The molecule has 0 aromatic heterocycles. The Balaban J connectivity index is 1.31. The van der Waals surface area contributed by atoms with E-state index in [1.54, 1.807) is 0 Å². The maximum Gasteiger partial charge on any atom is 0.189 e. The standard InChI is InChI=1S/C21H25ClN4O/c22-18-6-3-4-15-14-26(11-8-16(15)18)12-10-24-21(23)25-19-9-13-27-20-7-2-1-5-17(19)20/h1-7,19H,8-14H2,(H3,23,24,25). The zero-order valence-corrected chi connectivity index (χ0v) is 16.1. The van der Waals surface area contributed by atoms with Gasteiger partial charge in [0.2, 0.25) is 0 Å².